The summed E-state index contributed by atoms with van der Waals surface area (Å²) in [6.45, 7) is 8.05. The van der Waals surface area contributed by atoms with Crippen LogP contribution >= 0.6 is 24.0 Å². The van der Waals surface area contributed by atoms with E-state index in [-0.39, 0.29) is 40.5 Å². The van der Waals surface area contributed by atoms with Gasteiger partial charge < -0.3 is 20.3 Å². The van der Waals surface area contributed by atoms with Gasteiger partial charge in [0.05, 0.1) is 6.54 Å². The minimum Gasteiger partial charge on any atom is -0.435 e. The lowest BCUT2D eigenvalue weighted by Crippen LogP contribution is -2.51. The van der Waals surface area contributed by atoms with Crippen molar-refractivity contribution in [3.05, 3.63) is 24.3 Å². The minimum absolute atomic E-state index is 0. The summed E-state index contributed by atoms with van der Waals surface area (Å²) >= 11 is 0. The predicted octanol–water partition coefficient (Wildman–Crippen LogP) is 3.98. The predicted molar refractivity (Wildman–Crippen MR) is 136 cm³/mol. The zero-order valence-electron chi connectivity index (χ0n) is 18.7. The van der Waals surface area contributed by atoms with Crippen LogP contribution in [-0.4, -0.2) is 59.5 Å². The van der Waals surface area contributed by atoms with Crippen LogP contribution in [0.2, 0.25) is 0 Å². The van der Waals surface area contributed by atoms with Gasteiger partial charge in [-0.1, -0.05) is 0 Å². The number of rotatable bonds is 8. The fourth-order valence-electron chi connectivity index (χ4n) is 3.23. The summed E-state index contributed by atoms with van der Waals surface area (Å²) in [7, 11) is -0.929. The normalized spacial score (nSPS) is 18.4. The molecule has 178 valence electrons. The van der Waals surface area contributed by atoms with E-state index in [0.29, 0.717) is 12.3 Å². The Hall–Kier alpha value is -1.17. The Morgan fingerprint density at radius 1 is 1.32 bits per heavy atom. The average Bonchev–Trinajstić information content (AvgIpc) is 2.67. The van der Waals surface area contributed by atoms with Crippen molar-refractivity contribution in [3.8, 4) is 5.75 Å². The van der Waals surface area contributed by atoms with E-state index in [0.717, 1.165) is 44.1 Å². The first-order chi connectivity index (χ1) is 14.2. The number of benzene rings is 1. The second-order valence-corrected chi connectivity index (χ2v) is 10.5. The minimum atomic E-state index is -2.82. The summed E-state index contributed by atoms with van der Waals surface area (Å²) in [6, 6.07) is 6.96. The van der Waals surface area contributed by atoms with E-state index in [2.05, 4.69) is 25.3 Å². The molecule has 10 heteroatoms. The summed E-state index contributed by atoms with van der Waals surface area (Å²) in [5.74, 6) is 1.43. The van der Waals surface area contributed by atoms with Crippen LogP contribution in [-0.2, 0) is 10.8 Å². The van der Waals surface area contributed by atoms with Crippen molar-refractivity contribution >= 4 is 46.4 Å². The molecule has 2 N–H and O–H groups in total. The topological polar surface area (TPSA) is 66.0 Å². The second kappa shape index (κ2) is 13.4. The monoisotopic (exact) mass is 572 g/mol. The van der Waals surface area contributed by atoms with Crippen LogP contribution < -0.4 is 20.3 Å². The van der Waals surface area contributed by atoms with Crippen molar-refractivity contribution in [3.63, 3.8) is 0 Å². The lowest BCUT2D eigenvalue weighted by atomic mass is 10.0. The van der Waals surface area contributed by atoms with E-state index in [9.17, 15) is 13.0 Å². The van der Waals surface area contributed by atoms with Gasteiger partial charge in [-0.2, -0.15) is 8.78 Å². The highest BCUT2D eigenvalue weighted by Crippen LogP contribution is 2.23. The maximum atomic E-state index is 12.3. The molecule has 1 aromatic carbocycles. The number of nitrogens with one attached hydrogen (secondary N) is 2. The van der Waals surface area contributed by atoms with Crippen molar-refractivity contribution in [1.82, 2.24) is 10.6 Å². The zero-order chi connectivity index (χ0) is 22.1. The molecule has 0 aromatic heterocycles. The van der Waals surface area contributed by atoms with Crippen molar-refractivity contribution in [2.45, 2.75) is 57.9 Å². The Bertz CT molecular complexity index is 714. The van der Waals surface area contributed by atoms with Crippen LogP contribution in [0.5, 0.6) is 5.75 Å². The molecule has 0 aliphatic carbocycles. The number of guanidine groups is 1. The molecule has 2 unspecified atom stereocenters. The summed E-state index contributed by atoms with van der Waals surface area (Å²) in [5.41, 5.74) is 0.977. The standard InChI is InChI=1S/C21H34F2N4O2S.HI/c1-5-24-20(25-12-14-30(28)21(2,3)4)26-16-7-6-13-27(15-16)17-8-10-18(11-9-17)29-19(22)23;/h8-11,16,19H,5-7,12-15H2,1-4H3,(H2,24,25,26);1H. The number of ether oxygens (including phenoxy) is 1. The van der Waals surface area contributed by atoms with Crippen LogP contribution in [0.1, 0.15) is 40.5 Å². The first-order valence-electron chi connectivity index (χ1n) is 10.4. The fourth-order valence-corrected chi connectivity index (χ4v) is 4.10. The van der Waals surface area contributed by atoms with Gasteiger partial charge in [0, 0.05) is 52.7 Å². The second-order valence-electron chi connectivity index (χ2n) is 8.22. The molecular formula is C21H35F2IN4O2S. The van der Waals surface area contributed by atoms with Crippen LogP contribution in [0.25, 0.3) is 0 Å². The van der Waals surface area contributed by atoms with E-state index in [1.54, 1.807) is 24.3 Å². The molecule has 31 heavy (non-hydrogen) atoms. The van der Waals surface area contributed by atoms with E-state index >= 15 is 0 Å². The molecular weight excluding hydrogens is 537 g/mol. The maximum Gasteiger partial charge on any atom is 0.387 e. The number of nitrogens with zero attached hydrogens (tertiary/aromatic N) is 2. The Balaban J connectivity index is 0.00000480. The highest BCUT2D eigenvalue weighted by molar-refractivity contribution is 14.0. The summed E-state index contributed by atoms with van der Waals surface area (Å²) < 4.78 is 41.1. The maximum absolute atomic E-state index is 12.3. The lowest BCUT2D eigenvalue weighted by molar-refractivity contribution is -0.0498. The molecule has 1 aliphatic heterocycles. The Kier molecular flexibility index (Phi) is 12.0. The highest BCUT2D eigenvalue weighted by Gasteiger charge is 2.22. The van der Waals surface area contributed by atoms with Gasteiger partial charge in [0.25, 0.3) is 0 Å². The number of hydrogen-bond donors (Lipinski definition) is 2. The average molecular weight is 573 g/mol. The third-order valence-electron chi connectivity index (χ3n) is 4.76. The molecule has 2 atom stereocenters. The molecule has 2 rings (SSSR count). The molecule has 0 saturated carbocycles. The number of alkyl halides is 2. The van der Waals surface area contributed by atoms with Gasteiger partial charge >= 0.3 is 6.61 Å². The van der Waals surface area contributed by atoms with Crippen LogP contribution in [0, 0.1) is 0 Å². The smallest absolute Gasteiger partial charge is 0.387 e. The van der Waals surface area contributed by atoms with E-state index in [1.165, 1.54) is 0 Å². The SMILES string of the molecule is CCNC(=NCCS(=O)C(C)(C)C)NC1CCCN(c2ccc(OC(F)F)cc2)C1.I. The van der Waals surface area contributed by atoms with Crippen molar-refractivity contribution in [2.24, 2.45) is 4.99 Å². The van der Waals surface area contributed by atoms with Gasteiger partial charge in [-0.3, -0.25) is 9.20 Å². The van der Waals surface area contributed by atoms with E-state index in [4.69, 9.17) is 0 Å². The van der Waals surface area contributed by atoms with Crippen molar-refractivity contribution in [2.75, 3.05) is 36.8 Å². The number of aliphatic imine (C=N–C) groups is 1. The number of hydrogen-bond acceptors (Lipinski definition) is 4. The van der Waals surface area contributed by atoms with Crippen LogP contribution in [0.15, 0.2) is 29.3 Å². The van der Waals surface area contributed by atoms with Gasteiger partial charge in [0.1, 0.15) is 5.75 Å². The molecule has 1 aliphatic rings. The largest absolute Gasteiger partial charge is 0.435 e. The van der Waals surface area contributed by atoms with Gasteiger partial charge in [-0.15, -0.1) is 24.0 Å². The first kappa shape index (κ1) is 27.9. The molecule has 1 saturated heterocycles. The third kappa shape index (κ3) is 9.88. The van der Waals surface area contributed by atoms with E-state index < -0.39 is 17.4 Å². The molecule has 6 nitrogen and oxygen atoms in total. The van der Waals surface area contributed by atoms with E-state index in [1.807, 2.05) is 27.7 Å². The van der Waals surface area contributed by atoms with Gasteiger partial charge in [-0.05, 0) is 64.8 Å². The fraction of sp³-hybridized carbons (Fsp3) is 0.667. The van der Waals surface area contributed by atoms with Gasteiger partial charge in [0.15, 0.2) is 5.96 Å². The molecule has 0 spiro atoms. The lowest BCUT2D eigenvalue weighted by Gasteiger charge is -2.35. The first-order valence-corrected chi connectivity index (χ1v) is 11.7. The van der Waals surface area contributed by atoms with Gasteiger partial charge in [0.2, 0.25) is 0 Å². The molecule has 1 fully saturated rings. The summed E-state index contributed by atoms with van der Waals surface area (Å²) in [6.07, 6.45) is 2.03. The molecule has 0 amide bonds. The molecule has 0 radical (unpaired) electrons. The van der Waals surface area contributed by atoms with Crippen molar-refractivity contribution < 1.29 is 17.7 Å². The Morgan fingerprint density at radius 3 is 2.58 bits per heavy atom. The number of halogens is 3. The molecule has 0 bridgehead atoms. The number of anilines is 1. The van der Waals surface area contributed by atoms with Crippen molar-refractivity contribution in [1.29, 1.82) is 0 Å². The highest BCUT2D eigenvalue weighted by atomic mass is 127. The Labute approximate surface area is 204 Å². The Morgan fingerprint density at radius 2 is 2.00 bits per heavy atom. The van der Waals surface area contributed by atoms with Crippen LogP contribution in [0.4, 0.5) is 14.5 Å². The molecule has 1 aromatic rings. The third-order valence-corrected chi connectivity index (χ3v) is 6.68. The summed E-state index contributed by atoms with van der Waals surface area (Å²) in [5, 5.41) is 6.74. The zero-order valence-corrected chi connectivity index (χ0v) is 21.8. The van der Waals surface area contributed by atoms with Crippen LogP contribution in [0.3, 0.4) is 0 Å². The summed E-state index contributed by atoms with van der Waals surface area (Å²) in [4.78, 5) is 6.82. The quantitative estimate of drug-likeness (QED) is 0.281. The van der Waals surface area contributed by atoms with Gasteiger partial charge in [-0.25, -0.2) is 0 Å². The number of piperidine rings is 1. The molecule has 1 heterocycles.